The van der Waals surface area contributed by atoms with Gasteiger partial charge in [0.05, 0.1) is 0 Å². The summed E-state index contributed by atoms with van der Waals surface area (Å²) >= 11 is 0. The number of unbranched alkanes of at least 4 members (excludes halogenated alkanes) is 3. The van der Waals surface area contributed by atoms with Crippen LogP contribution in [0.4, 0.5) is 0 Å². The third-order valence-electron chi connectivity index (χ3n) is 8.58. The number of hydrogen-bond acceptors (Lipinski definition) is 12. The van der Waals surface area contributed by atoms with Gasteiger partial charge in [0.25, 0.3) is 0 Å². The minimum Gasteiger partial charge on any atom is -0.481 e. The Labute approximate surface area is 313 Å². The van der Waals surface area contributed by atoms with E-state index in [0.29, 0.717) is 38.5 Å². The summed E-state index contributed by atoms with van der Waals surface area (Å²) in [6, 6.07) is -8.67. The maximum atomic E-state index is 13.7. The van der Waals surface area contributed by atoms with Gasteiger partial charge in [-0.1, -0.05) is 0 Å². The largest absolute Gasteiger partial charge is 0.481 e. The summed E-state index contributed by atoms with van der Waals surface area (Å²) in [7, 11) is 0. The lowest BCUT2D eigenvalue weighted by atomic mass is 10.0. The molecule has 6 amide bonds. The van der Waals surface area contributed by atoms with E-state index in [1.807, 2.05) is 0 Å². The number of nitrogens with one attached hydrogen (secondary N) is 6. The smallest absolute Gasteiger partial charge is 0.303 e. The highest BCUT2D eigenvalue weighted by molar-refractivity contribution is 5.98. The standard InChI is InChI=1S/C33H57N9O12/c34-16-4-1-7-19-28(49)40-23(11-14-26(45)46)32(53)38-21(9-3-6-18-36)30(51)42-24(12-15-27(47)48)33(54)39-20(8-2-5-17-35)29(50)41-22(31(52)37-19)10-13-25(43)44/h19-24H,1-18,34-36H2,(H,37,52)(H,38,53)(H,39,54)(H,40,49)(H,41,50)(H,42,51)(H,43,44)(H,45,46)(H,47,48)/t19-,20-,21-,22-,23-,24-/m0/s1. The van der Waals surface area contributed by atoms with Gasteiger partial charge in [-0.15, -0.1) is 0 Å². The molecule has 0 aliphatic carbocycles. The lowest BCUT2D eigenvalue weighted by Gasteiger charge is -2.29. The van der Waals surface area contributed by atoms with Crippen molar-refractivity contribution in [3.8, 4) is 0 Å². The van der Waals surface area contributed by atoms with E-state index in [0.717, 1.165) is 0 Å². The fraction of sp³-hybridized carbons (Fsp3) is 0.727. The topological polar surface area (TPSA) is 365 Å². The lowest BCUT2D eigenvalue weighted by molar-refractivity contribution is -0.139. The second-order valence-electron chi connectivity index (χ2n) is 13.0. The molecule has 6 atom stereocenters. The number of carboxylic acids is 3. The van der Waals surface area contributed by atoms with Crippen LogP contribution in [0.25, 0.3) is 0 Å². The number of rotatable bonds is 21. The van der Waals surface area contributed by atoms with Crippen molar-refractivity contribution < 1.29 is 58.5 Å². The highest BCUT2D eigenvalue weighted by Gasteiger charge is 2.35. The molecule has 0 radical (unpaired) electrons. The van der Waals surface area contributed by atoms with Crippen LogP contribution in [0.5, 0.6) is 0 Å². The van der Waals surface area contributed by atoms with Crippen molar-refractivity contribution in [3.05, 3.63) is 0 Å². The second-order valence-corrected chi connectivity index (χ2v) is 13.0. The van der Waals surface area contributed by atoms with Crippen molar-refractivity contribution in [1.29, 1.82) is 0 Å². The van der Waals surface area contributed by atoms with Gasteiger partial charge in [-0.2, -0.15) is 0 Å². The summed E-state index contributed by atoms with van der Waals surface area (Å²) in [5, 5.41) is 42.9. The van der Waals surface area contributed by atoms with E-state index in [4.69, 9.17) is 17.2 Å². The molecule has 0 aromatic heterocycles. The van der Waals surface area contributed by atoms with Gasteiger partial charge < -0.3 is 64.4 Å². The number of carbonyl (C=O) groups is 9. The Hall–Kier alpha value is -4.89. The van der Waals surface area contributed by atoms with Crippen LogP contribution in [0.15, 0.2) is 0 Å². The average Bonchev–Trinajstić information content (AvgIpc) is 3.11. The Morgan fingerprint density at radius 2 is 0.556 bits per heavy atom. The van der Waals surface area contributed by atoms with Crippen LogP contribution < -0.4 is 49.1 Å². The van der Waals surface area contributed by atoms with Gasteiger partial charge in [-0.3, -0.25) is 43.2 Å². The first-order chi connectivity index (χ1) is 25.6. The zero-order valence-corrected chi connectivity index (χ0v) is 30.4. The molecule has 1 fully saturated rings. The third-order valence-corrected chi connectivity index (χ3v) is 8.58. The molecule has 306 valence electrons. The molecule has 1 saturated heterocycles. The average molecular weight is 772 g/mol. The van der Waals surface area contributed by atoms with Gasteiger partial charge in [0.15, 0.2) is 0 Å². The molecule has 21 heteroatoms. The highest BCUT2D eigenvalue weighted by Crippen LogP contribution is 2.11. The number of carboxylic acid groups (broad SMARTS) is 3. The summed E-state index contributed by atoms with van der Waals surface area (Å²) in [5.41, 5.74) is 16.8. The molecule has 1 heterocycles. The first-order valence-corrected chi connectivity index (χ1v) is 18.2. The number of carbonyl (C=O) groups excluding carboxylic acids is 6. The molecule has 0 spiro atoms. The van der Waals surface area contributed by atoms with Crippen LogP contribution in [-0.2, 0) is 43.2 Å². The molecule has 0 unspecified atom stereocenters. The van der Waals surface area contributed by atoms with Crippen LogP contribution >= 0.6 is 0 Å². The van der Waals surface area contributed by atoms with E-state index in [2.05, 4.69) is 31.9 Å². The zero-order valence-electron chi connectivity index (χ0n) is 30.4. The molecule has 1 rings (SSSR count). The van der Waals surface area contributed by atoms with E-state index in [1.54, 1.807) is 0 Å². The van der Waals surface area contributed by atoms with Crippen molar-refractivity contribution in [1.82, 2.24) is 31.9 Å². The Kier molecular flexibility index (Phi) is 22.7. The van der Waals surface area contributed by atoms with E-state index in [9.17, 15) is 58.5 Å². The van der Waals surface area contributed by atoms with E-state index >= 15 is 0 Å². The fourth-order valence-electron chi connectivity index (χ4n) is 5.53. The Bertz CT molecular complexity index is 1150. The number of aliphatic carboxylic acids is 3. The molecular weight excluding hydrogens is 714 g/mol. The molecule has 21 nitrogen and oxygen atoms in total. The molecule has 54 heavy (non-hydrogen) atoms. The number of amides is 6. The molecule has 15 N–H and O–H groups in total. The maximum Gasteiger partial charge on any atom is 0.303 e. The van der Waals surface area contributed by atoms with Gasteiger partial charge >= 0.3 is 17.9 Å². The number of hydrogen-bond donors (Lipinski definition) is 12. The summed E-state index contributed by atoms with van der Waals surface area (Å²) in [5.74, 6) is -9.47. The Balaban J connectivity index is 3.81. The minimum atomic E-state index is -1.53. The predicted octanol–water partition coefficient (Wildman–Crippen LogP) is -3.11. The first kappa shape index (κ1) is 47.1. The summed E-state index contributed by atoms with van der Waals surface area (Å²) in [4.78, 5) is 116. The van der Waals surface area contributed by atoms with Crippen LogP contribution in [0.1, 0.15) is 96.3 Å². The van der Waals surface area contributed by atoms with Crippen LogP contribution in [0.3, 0.4) is 0 Å². The van der Waals surface area contributed by atoms with Gasteiger partial charge in [-0.05, 0) is 96.7 Å². The van der Waals surface area contributed by atoms with Crippen molar-refractivity contribution in [2.75, 3.05) is 19.6 Å². The van der Waals surface area contributed by atoms with Crippen molar-refractivity contribution in [2.45, 2.75) is 133 Å². The van der Waals surface area contributed by atoms with Gasteiger partial charge in [-0.25, -0.2) is 0 Å². The van der Waals surface area contributed by atoms with Crippen LogP contribution in [0, 0.1) is 0 Å². The van der Waals surface area contributed by atoms with Gasteiger partial charge in [0, 0.05) is 19.3 Å². The first-order valence-electron chi connectivity index (χ1n) is 18.2. The molecular formula is C33H57N9O12. The van der Waals surface area contributed by atoms with E-state index in [1.165, 1.54) is 0 Å². The molecule has 0 bridgehead atoms. The summed E-state index contributed by atoms with van der Waals surface area (Å²) < 4.78 is 0. The highest BCUT2D eigenvalue weighted by atomic mass is 16.4. The Morgan fingerprint density at radius 1 is 0.370 bits per heavy atom. The van der Waals surface area contributed by atoms with Crippen molar-refractivity contribution >= 4 is 53.4 Å². The van der Waals surface area contributed by atoms with Crippen LogP contribution in [-0.4, -0.2) is 125 Å². The van der Waals surface area contributed by atoms with Gasteiger partial charge in [0.1, 0.15) is 36.3 Å². The molecule has 0 saturated carbocycles. The predicted molar refractivity (Wildman–Crippen MR) is 191 cm³/mol. The third kappa shape index (κ3) is 18.7. The lowest BCUT2D eigenvalue weighted by Crippen LogP contribution is -2.61. The summed E-state index contributed by atoms with van der Waals surface area (Å²) in [6.07, 6.45) is -0.849. The van der Waals surface area contributed by atoms with Crippen molar-refractivity contribution in [3.63, 3.8) is 0 Å². The van der Waals surface area contributed by atoms with Crippen molar-refractivity contribution in [2.24, 2.45) is 17.2 Å². The Morgan fingerprint density at radius 3 is 0.722 bits per heavy atom. The zero-order chi connectivity index (χ0) is 40.6. The second kappa shape index (κ2) is 26.0. The molecule has 1 aliphatic heterocycles. The molecule has 1 aliphatic rings. The minimum absolute atomic E-state index is 0.0126. The number of nitrogens with two attached hydrogens (primary N) is 3. The molecule has 0 aromatic rings. The molecule has 0 aromatic carbocycles. The SMILES string of the molecule is NCCCC[C@@H]1NC(=O)[C@H](CCC(=O)O)NC(=O)[C@H](CCCCN)NC(=O)[C@H](CCC(=O)O)NC(=O)[C@H](CCCCN)NC(=O)[C@H](CCC(=O)O)NC1=O. The maximum absolute atomic E-state index is 13.7. The quantitative estimate of drug-likeness (QED) is 0.0514. The van der Waals surface area contributed by atoms with E-state index in [-0.39, 0.29) is 38.9 Å². The normalized spacial score (nSPS) is 23.4. The van der Waals surface area contributed by atoms with Crippen LogP contribution in [0.2, 0.25) is 0 Å². The monoisotopic (exact) mass is 771 g/mol. The van der Waals surface area contributed by atoms with E-state index < -0.39 is 128 Å². The van der Waals surface area contributed by atoms with Gasteiger partial charge in [0.2, 0.25) is 35.4 Å². The fourth-order valence-corrected chi connectivity index (χ4v) is 5.53. The summed E-state index contributed by atoms with van der Waals surface area (Å²) in [6.45, 7) is 0.724.